The van der Waals surface area contributed by atoms with Gasteiger partial charge >= 0.3 is 0 Å². The van der Waals surface area contributed by atoms with Crippen molar-refractivity contribution in [2.24, 2.45) is 11.0 Å². The van der Waals surface area contributed by atoms with Gasteiger partial charge in [-0.3, -0.25) is 4.79 Å². The van der Waals surface area contributed by atoms with Crippen LogP contribution in [-0.2, 0) is 11.2 Å². The fourth-order valence-corrected chi connectivity index (χ4v) is 4.59. The van der Waals surface area contributed by atoms with Crippen molar-refractivity contribution < 1.29 is 23.7 Å². The zero-order chi connectivity index (χ0) is 21.4. The van der Waals surface area contributed by atoms with Gasteiger partial charge in [-0.1, -0.05) is 12.1 Å². The molecule has 0 saturated carbocycles. The summed E-state index contributed by atoms with van der Waals surface area (Å²) in [6, 6.07) is 9.55. The van der Waals surface area contributed by atoms with Gasteiger partial charge in [0.1, 0.15) is 5.75 Å². The maximum atomic E-state index is 12.5. The van der Waals surface area contributed by atoms with Crippen molar-refractivity contribution in [1.82, 2.24) is 5.01 Å². The third kappa shape index (κ3) is 3.05. The molecule has 1 heterocycles. The van der Waals surface area contributed by atoms with Crippen molar-refractivity contribution in [3.05, 3.63) is 47.0 Å². The van der Waals surface area contributed by atoms with Crippen molar-refractivity contribution in [1.29, 1.82) is 0 Å². The van der Waals surface area contributed by atoms with Gasteiger partial charge in [-0.2, -0.15) is 5.10 Å². The fraction of sp³-hybridized carbons (Fsp3) is 0.391. The Morgan fingerprint density at radius 2 is 1.67 bits per heavy atom. The van der Waals surface area contributed by atoms with E-state index in [9.17, 15) is 4.79 Å². The zero-order valence-corrected chi connectivity index (χ0v) is 17.9. The lowest BCUT2D eigenvalue weighted by molar-refractivity contribution is -0.131. The summed E-state index contributed by atoms with van der Waals surface area (Å²) >= 11 is 0. The Kier molecular flexibility index (Phi) is 5.28. The standard InChI is InChI=1S/C23H26N2O5/c1-13(26)25-22(14-11-19(28-3)23(30-5)20(12-14)29-4)17-10-9-15-16(21(17)24-25)7-6-8-18(15)27-2/h6-8,11-12,17,22H,9-10H2,1-5H3. The molecule has 2 aromatic carbocycles. The van der Waals surface area contributed by atoms with Crippen LogP contribution in [0, 0.1) is 5.92 Å². The van der Waals surface area contributed by atoms with Crippen LogP contribution in [0.25, 0.3) is 0 Å². The van der Waals surface area contributed by atoms with E-state index in [0.717, 1.165) is 41.0 Å². The third-order valence-electron chi connectivity index (χ3n) is 5.90. The number of nitrogens with zero attached hydrogens (tertiary/aromatic N) is 2. The van der Waals surface area contributed by atoms with E-state index in [4.69, 9.17) is 24.0 Å². The SMILES string of the molecule is COc1cccc2c1CCC1C2=NN(C(C)=O)C1c1cc(OC)c(OC)c(OC)c1. The summed E-state index contributed by atoms with van der Waals surface area (Å²) < 4.78 is 22.1. The van der Waals surface area contributed by atoms with E-state index in [0.29, 0.717) is 17.2 Å². The van der Waals surface area contributed by atoms with Crippen LogP contribution in [0.1, 0.15) is 36.1 Å². The second-order valence-electron chi connectivity index (χ2n) is 7.38. The van der Waals surface area contributed by atoms with E-state index >= 15 is 0 Å². The Morgan fingerprint density at radius 1 is 1.00 bits per heavy atom. The summed E-state index contributed by atoms with van der Waals surface area (Å²) in [5.41, 5.74) is 4.01. The van der Waals surface area contributed by atoms with Crippen LogP contribution in [0.3, 0.4) is 0 Å². The Bertz CT molecular complexity index is 992. The van der Waals surface area contributed by atoms with Crippen molar-refractivity contribution in [2.45, 2.75) is 25.8 Å². The van der Waals surface area contributed by atoms with Gasteiger partial charge in [-0.05, 0) is 36.6 Å². The highest BCUT2D eigenvalue weighted by Crippen LogP contribution is 2.48. The summed E-state index contributed by atoms with van der Waals surface area (Å²) in [5, 5.41) is 6.35. The van der Waals surface area contributed by atoms with E-state index in [1.165, 1.54) is 0 Å². The van der Waals surface area contributed by atoms with E-state index in [2.05, 4.69) is 6.07 Å². The fourth-order valence-electron chi connectivity index (χ4n) is 4.59. The summed E-state index contributed by atoms with van der Waals surface area (Å²) in [4.78, 5) is 12.5. The van der Waals surface area contributed by atoms with Gasteiger partial charge in [0, 0.05) is 24.0 Å². The summed E-state index contributed by atoms with van der Waals surface area (Å²) in [6.07, 6.45) is 1.72. The smallest absolute Gasteiger partial charge is 0.240 e. The van der Waals surface area contributed by atoms with Gasteiger partial charge in [-0.25, -0.2) is 5.01 Å². The summed E-state index contributed by atoms with van der Waals surface area (Å²) in [6.45, 7) is 1.54. The predicted octanol–water partition coefficient (Wildman–Crippen LogP) is 3.59. The first-order valence-electron chi connectivity index (χ1n) is 9.88. The molecule has 0 aromatic heterocycles. The highest BCUT2D eigenvalue weighted by molar-refractivity contribution is 6.07. The summed E-state index contributed by atoms with van der Waals surface area (Å²) in [7, 11) is 6.43. The first kappa shape index (κ1) is 20.1. The average Bonchev–Trinajstić information content (AvgIpc) is 3.18. The monoisotopic (exact) mass is 410 g/mol. The topological polar surface area (TPSA) is 69.6 Å². The molecule has 0 bridgehead atoms. The molecule has 2 aliphatic rings. The molecule has 7 heteroatoms. The number of hydrogen-bond donors (Lipinski definition) is 0. The lowest BCUT2D eigenvalue weighted by Gasteiger charge is -2.30. The quantitative estimate of drug-likeness (QED) is 0.753. The highest BCUT2D eigenvalue weighted by Gasteiger charge is 2.44. The maximum Gasteiger partial charge on any atom is 0.240 e. The molecule has 0 radical (unpaired) electrons. The molecule has 0 N–H and O–H groups in total. The minimum Gasteiger partial charge on any atom is -0.496 e. The Hall–Kier alpha value is -3.22. The van der Waals surface area contributed by atoms with E-state index in [-0.39, 0.29) is 17.9 Å². The molecule has 7 nitrogen and oxygen atoms in total. The van der Waals surface area contributed by atoms with Crippen molar-refractivity contribution in [3.63, 3.8) is 0 Å². The van der Waals surface area contributed by atoms with Crippen LogP contribution in [0.5, 0.6) is 23.0 Å². The third-order valence-corrected chi connectivity index (χ3v) is 5.90. The number of amides is 1. The van der Waals surface area contributed by atoms with Gasteiger partial charge in [0.05, 0.1) is 40.2 Å². The van der Waals surface area contributed by atoms with Crippen LogP contribution in [-0.4, -0.2) is 45.1 Å². The lowest BCUT2D eigenvalue weighted by atomic mass is 9.77. The molecule has 30 heavy (non-hydrogen) atoms. The van der Waals surface area contributed by atoms with Crippen LogP contribution < -0.4 is 18.9 Å². The molecule has 0 spiro atoms. The van der Waals surface area contributed by atoms with Gasteiger partial charge in [0.15, 0.2) is 11.5 Å². The minimum atomic E-state index is -0.245. The number of rotatable bonds is 5. The maximum absolute atomic E-state index is 12.5. The molecule has 0 saturated heterocycles. The molecule has 158 valence electrons. The molecule has 0 fully saturated rings. The Labute approximate surface area is 176 Å². The van der Waals surface area contributed by atoms with Gasteiger partial charge in [-0.15, -0.1) is 0 Å². The van der Waals surface area contributed by atoms with Crippen molar-refractivity contribution >= 4 is 11.6 Å². The van der Waals surface area contributed by atoms with Gasteiger partial charge in [0.25, 0.3) is 0 Å². The van der Waals surface area contributed by atoms with Crippen LogP contribution in [0.4, 0.5) is 0 Å². The number of ether oxygens (including phenoxy) is 4. The van der Waals surface area contributed by atoms with E-state index < -0.39 is 0 Å². The van der Waals surface area contributed by atoms with Gasteiger partial charge in [0.2, 0.25) is 11.7 Å². The second-order valence-corrected chi connectivity index (χ2v) is 7.38. The first-order chi connectivity index (χ1) is 14.5. The highest BCUT2D eigenvalue weighted by atomic mass is 16.5. The normalized spacial score (nSPS) is 19.5. The van der Waals surface area contributed by atoms with Gasteiger partial charge < -0.3 is 18.9 Å². The van der Waals surface area contributed by atoms with Crippen LogP contribution in [0.2, 0.25) is 0 Å². The number of methoxy groups -OCH3 is 4. The minimum absolute atomic E-state index is 0.0660. The number of benzene rings is 2. The molecule has 2 unspecified atom stereocenters. The first-order valence-corrected chi connectivity index (χ1v) is 9.88. The number of hydrogen-bond acceptors (Lipinski definition) is 6. The zero-order valence-electron chi connectivity index (χ0n) is 17.9. The van der Waals surface area contributed by atoms with E-state index in [1.807, 2.05) is 24.3 Å². The Morgan fingerprint density at radius 3 is 2.23 bits per heavy atom. The van der Waals surface area contributed by atoms with Crippen LogP contribution in [0.15, 0.2) is 35.4 Å². The van der Waals surface area contributed by atoms with Crippen LogP contribution >= 0.6 is 0 Å². The molecule has 1 amide bonds. The molecule has 2 atom stereocenters. The molecule has 2 aromatic rings. The molecule has 1 aliphatic carbocycles. The number of carbonyl (C=O) groups is 1. The average molecular weight is 410 g/mol. The molecule has 4 rings (SSSR count). The Balaban J connectivity index is 1.84. The largest absolute Gasteiger partial charge is 0.496 e. The van der Waals surface area contributed by atoms with Crippen molar-refractivity contribution in [2.75, 3.05) is 28.4 Å². The molecular weight excluding hydrogens is 384 g/mol. The summed E-state index contributed by atoms with van der Waals surface area (Å²) in [5.74, 6) is 2.45. The number of fused-ring (bicyclic) bond motifs is 3. The molecular formula is C23H26N2O5. The molecule has 1 aliphatic heterocycles. The van der Waals surface area contributed by atoms with E-state index in [1.54, 1.807) is 40.4 Å². The predicted molar refractivity (Wildman–Crippen MR) is 113 cm³/mol. The lowest BCUT2D eigenvalue weighted by Crippen LogP contribution is -2.31. The number of carbonyl (C=O) groups excluding carboxylic acids is 1. The second kappa shape index (κ2) is 7.89. The number of hydrazone groups is 1. The van der Waals surface area contributed by atoms with Crippen molar-refractivity contribution in [3.8, 4) is 23.0 Å².